The van der Waals surface area contributed by atoms with Crippen molar-refractivity contribution in [1.82, 2.24) is 0 Å². The summed E-state index contributed by atoms with van der Waals surface area (Å²) in [5, 5.41) is 0. The zero-order chi connectivity index (χ0) is 34.1. The van der Waals surface area contributed by atoms with Crippen LogP contribution in [-0.4, -0.2) is 70.2 Å². The van der Waals surface area contributed by atoms with E-state index in [1.54, 1.807) is 14.2 Å². The first kappa shape index (κ1) is 37.4. The van der Waals surface area contributed by atoms with Gasteiger partial charge in [0.2, 0.25) is 0 Å². The van der Waals surface area contributed by atoms with Gasteiger partial charge in [0.25, 0.3) is 0 Å². The van der Waals surface area contributed by atoms with Gasteiger partial charge in [0.05, 0.1) is 44.7 Å². The third-order valence-electron chi connectivity index (χ3n) is 8.53. The molecule has 0 saturated heterocycles. The molecule has 0 N–H and O–H groups in total. The van der Waals surface area contributed by atoms with Gasteiger partial charge >= 0.3 is 5.97 Å². The second-order valence-electron chi connectivity index (χ2n) is 12.8. The molecular weight excluding hydrogens is 608 g/mol. The molecule has 0 spiro atoms. The Morgan fingerprint density at radius 2 is 1.90 bits per heavy atom. The summed E-state index contributed by atoms with van der Waals surface area (Å²) < 4.78 is 41.3. The number of fused-ring (bicyclic) bond motifs is 2. The quantitative estimate of drug-likeness (QED) is 0.0857. The van der Waals surface area contributed by atoms with Crippen LogP contribution in [0.3, 0.4) is 0 Å². The number of rotatable bonds is 10. The lowest BCUT2D eigenvalue weighted by atomic mass is 9.91. The topological polar surface area (TPSA) is 81.7 Å². The second kappa shape index (κ2) is 20.2. The van der Waals surface area contributed by atoms with E-state index in [0.29, 0.717) is 38.4 Å². The lowest BCUT2D eigenvalue weighted by Crippen LogP contribution is -2.32. The van der Waals surface area contributed by atoms with E-state index in [4.69, 9.17) is 33.2 Å². The smallest absolute Gasteiger partial charge is 0.384 e. The van der Waals surface area contributed by atoms with E-state index in [0.717, 1.165) is 42.6 Å². The van der Waals surface area contributed by atoms with Crippen LogP contribution in [0.15, 0.2) is 84.5 Å². The number of carbonyl (C=O) groups excluding carboxylic acids is 1. The van der Waals surface area contributed by atoms with Crippen LogP contribution < -0.4 is 4.74 Å². The second-order valence-corrected chi connectivity index (χ2v) is 12.8. The van der Waals surface area contributed by atoms with E-state index in [9.17, 15) is 4.79 Å². The van der Waals surface area contributed by atoms with Gasteiger partial charge < -0.3 is 33.2 Å². The minimum Gasteiger partial charge on any atom is -0.497 e. The Morgan fingerprint density at radius 1 is 1.08 bits per heavy atom. The molecule has 0 amide bonds. The minimum atomic E-state index is -0.668. The molecule has 3 aliphatic rings. The fourth-order valence-corrected chi connectivity index (χ4v) is 6.07. The molecule has 1 aromatic rings. The number of methoxy groups -OCH3 is 2. The van der Waals surface area contributed by atoms with Crippen molar-refractivity contribution in [2.75, 3.05) is 27.6 Å². The summed E-state index contributed by atoms with van der Waals surface area (Å²) >= 11 is 0. The molecule has 7 atom stereocenters. The van der Waals surface area contributed by atoms with E-state index < -0.39 is 18.2 Å². The SMILES string of the molecule is C=C1C[C@H](C)C[C@@H]2CC=C[C@@H](CC#CC(=O)O[C@H]([C@H](/C=C/[C@@H]3CC(C)=CCO3)OCc3ccc(OC)cc3)C/C=C/[C@H](OCOC)C1)O2. The lowest BCUT2D eigenvalue weighted by molar-refractivity contribution is -0.148. The summed E-state index contributed by atoms with van der Waals surface area (Å²) in [6.45, 7) is 9.72. The molecule has 0 aliphatic carbocycles. The Hall–Kier alpha value is -3.45. The summed E-state index contributed by atoms with van der Waals surface area (Å²) in [5.74, 6) is 6.24. The van der Waals surface area contributed by atoms with Gasteiger partial charge in [-0.15, -0.1) is 0 Å². The normalized spacial score (nSPS) is 28.7. The van der Waals surface area contributed by atoms with Crippen LogP contribution in [0.4, 0.5) is 0 Å². The van der Waals surface area contributed by atoms with Crippen molar-refractivity contribution < 1.29 is 38.0 Å². The van der Waals surface area contributed by atoms with E-state index in [1.807, 2.05) is 54.6 Å². The van der Waals surface area contributed by atoms with Gasteiger partial charge in [-0.1, -0.05) is 85.2 Å². The number of benzene rings is 1. The first-order valence-corrected chi connectivity index (χ1v) is 17.0. The summed E-state index contributed by atoms with van der Waals surface area (Å²) in [5.41, 5.74) is 3.34. The molecule has 3 heterocycles. The number of cyclic esters (lactones) is 1. The van der Waals surface area contributed by atoms with Crippen molar-refractivity contribution in [1.29, 1.82) is 0 Å². The number of ether oxygens (including phenoxy) is 7. The maximum Gasteiger partial charge on any atom is 0.384 e. The van der Waals surface area contributed by atoms with Gasteiger partial charge in [-0.25, -0.2) is 4.79 Å². The Labute approximate surface area is 286 Å². The van der Waals surface area contributed by atoms with Crippen molar-refractivity contribution >= 4 is 5.97 Å². The summed E-state index contributed by atoms with van der Waals surface area (Å²) in [4.78, 5) is 13.2. The summed E-state index contributed by atoms with van der Waals surface area (Å²) in [6.07, 6.45) is 17.4. The average Bonchev–Trinajstić information content (AvgIpc) is 3.06. The van der Waals surface area contributed by atoms with Gasteiger partial charge in [-0.3, -0.25) is 0 Å². The van der Waals surface area contributed by atoms with E-state index in [1.165, 1.54) is 5.57 Å². The Bertz CT molecular complexity index is 1350. The predicted octanol–water partition coefficient (Wildman–Crippen LogP) is 7.20. The van der Waals surface area contributed by atoms with E-state index in [-0.39, 0.29) is 31.2 Å². The Morgan fingerprint density at radius 3 is 2.67 bits per heavy atom. The fraction of sp³-hybridized carbons (Fsp3) is 0.525. The van der Waals surface area contributed by atoms with Gasteiger partial charge in [0, 0.05) is 25.9 Å². The standard InChI is InChI=1S/C40H52O8/c1-29-21-22-44-36(24-29)19-20-38(45-27-32-15-17-33(43-5)18-16-32)39-13-7-11-35(46-28-42-4)25-30(2)23-31(3)26-37-12-6-9-34(47-37)10-8-14-40(41)48-39/h6-7,9,11,15-21,31,34-39H,2,10,12-13,22-28H2,1,3-5H3/b11-7+,20-19+/t31-,34-,35-,36+,37-,38-,39-/m0/s1. The molecule has 0 saturated carbocycles. The Kier molecular flexibility index (Phi) is 15.7. The maximum atomic E-state index is 13.2. The van der Waals surface area contributed by atoms with Crippen LogP contribution in [0, 0.1) is 17.8 Å². The van der Waals surface area contributed by atoms with E-state index in [2.05, 4.69) is 44.4 Å². The van der Waals surface area contributed by atoms with Crippen LogP contribution in [0.1, 0.15) is 64.4 Å². The number of hydrogen-bond acceptors (Lipinski definition) is 8. The third-order valence-corrected chi connectivity index (χ3v) is 8.53. The van der Waals surface area contributed by atoms with Gasteiger partial charge in [-0.2, -0.15) is 0 Å². The van der Waals surface area contributed by atoms with E-state index >= 15 is 0 Å². The number of hydrogen-bond donors (Lipinski definition) is 0. The van der Waals surface area contributed by atoms with Crippen LogP contribution in [-0.2, 0) is 39.8 Å². The van der Waals surface area contributed by atoms with Crippen LogP contribution in [0.25, 0.3) is 0 Å². The molecule has 0 radical (unpaired) electrons. The molecule has 8 nitrogen and oxygen atoms in total. The maximum absolute atomic E-state index is 13.2. The molecule has 0 fully saturated rings. The first-order valence-electron chi connectivity index (χ1n) is 17.0. The van der Waals surface area contributed by atoms with Crippen LogP contribution in [0.2, 0.25) is 0 Å². The van der Waals surface area contributed by atoms with Crippen molar-refractivity contribution in [2.45, 2.75) is 102 Å². The van der Waals surface area contributed by atoms with Crippen molar-refractivity contribution in [3.8, 4) is 17.6 Å². The van der Waals surface area contributed by atoms with Gasteiger partial charge in [-0.05, 0) is 62.6 Å². The highest BCUT2D eigenvalue weighted by Gasteiger charge is 2.25. The Balaban J connectivity index is 1.60. The molecule has 48 heavy (non-hydrogen) atoms. The fourth-order valence-electron chi connectivity index (χ4n) is 6.07. The highest BCUT2D eigenvalue weighted by atomic mass is 16.7. The van der Waals surface area contributed by atoms with Crippen molar-refractivity contribution in [2.24, 2.45) is 5.92 Å². The van der Waals surface area contributed by atoms with Crippen LogP contribution >= 0.6 is 0 Å². The summed E-state index contributed by atoms with van der Waals surface area (Å²) in [7, 11) is 3.24. The molecule has 4 rings (SSSR count). The highest BCUT2D eigenvalue weighted by Crippen LogP contribution is 2.26. The number of carbonyl (C=O) groups is 1. The molecule has 0 unspecified atom stereocenters. The zero-order valence-electron chi connectivity index (χ0n) is 28.9. The van der Waals surface area contributed by atoms with Gasteiger partial charge in [0.1, 0.15) is 24.8 Å². The molecule has 2 bridgehead atoms. The molecule has 1 aromatic carbocycles. The third kappa shape index (κ3) is 13.2. The minimum absolute atomic E-state index is 0.0973. The molecule has 0 aromatic heterocycles. The predicted molar refractivity (Wildman–Crippen MR) is 186 cm³/mol. The molecule has 3 aliphatic heterocycles. The molecule has 260 valence electrons. The molecule has 8 heteroatoms. The van der Waals surface area contributed by atoms with Crippen molar-refractivity contribution in [3.05, 3.63) is 90.1 Å². The van der Waals surface area contributed by atoms with Crippen LogP contribution in [0.5, 0.6) is 5.75 Å². The van der Waals surface area contributed by atoms with Gasteiger partial charge in [0.15, 0.2) is 0 Å². The highest BCUT2D eigenvalue weighted by molar-refractivity contribution is 5.88. The zero-order valence-corrected chi connectivity index (χ0v) is 28.9. The molecular formula is C40H52O8. The average molecular weight is 661 g/mol. The first-order chi connectivity index (χ1) is 23.3. The summed E-state index contributed by atoms with van der Waals surface area (Å²) in [6, 6.07) is 7.70. The van der Waals surface area contributed by atoms with Crippen molar-refractivity contribution in [3.63, 3.8) is 0 Å². The monoisotopic (exact) mass is 660 g/mol. The largest absolute Gasteiger partial charge is 0.497 e. The number of esters is 1. The lowest BCUT2D eigenvalue weighted by Gasteiger charge is -2.28.